The largest absolute Gasteiger partial charge is 0.480 e. The summed E-state index contributed by atoms with van der Waals surface area (Å²) >= 11 is 0. The molecule has 0 bridgehead atoms. The van der Waals surface area contributed by atoms with Gasteiger partial charge in [0.25, 0.3) is 0 Å². The van der Waals surface area contributed by atoms with Crippen LogP contribution in [0.3, 0.4) is 0 Å². The lowest BCUT2D eigenvalue weighted by Crippen LogP contribution is -2.31. The summed E-state index contributed by atoms with van der Waals surface area (Å²) in [5, 5.41) is 8.86. The highest BCUT2D eigenvalue weighted by atomic mass is 16.4. The van der Waals surface area contributed by atoms with Crippen LogP contribution < -0.4 is 5.73 Å². The third kappa shape index (κ3) is 5.53. The van der Waals surface area contributed by atoms with Gasteiger partial charge in [-0.2, -0.15) is 0 Å². The Kier molecular flexibility index (Phi) is 6.03. The lowest BCUT2D eigenvalue weighted by atomic mass is 9.95. The maximum absolute atomic E-state index is 10.8. The van der Waals surface area contributed by atoms with E-state index in [0.717, 1.165) is 11.1 Å². The van der Waals surface area contributed by atoms with E-state index < -0.39 is 12.0 Å². The molecule has 3 heteroatoms. The molecule has 1 rings (SSSR count). The third-order valence-electron chi connectivity index (χ3n) is 3.01. The summed E-state index contributed by atoms with van der Waals surface area (Å²) in [4.78, 5) is 10.8. The summed E-state index contributed by atoms with van der Waals surface area (Å²) in [6.07, 6.45) is 0.429. The molecule has 0 radical (unpaired) electrons. The Balaban J connectivity index is 3.02. The maximum Gasteiger partial charge on any atom is 0.320 e. The minimum absolute atomic E-state index is 0.100. The second kappa shape index (κ2) is 7.54. The first-order valence-corrected chi connectivity index (χ1v) is 6.39. The van der Waals surface area contributed by atoms with Crippen molar-refractivity contribution in [2.45, 2.75) is 32.2 Å². The first kappa shape index (κ1) is 15.2. The van der Waals surface area contributed by atoms with Gasteiger partial charge in [0.1, 0.15) is 6.04 Å². The van der Waals surface area contributed by atoms with Gasteiger partial charge in [-0.05, 0) is 24.8 Å². The molecule has 2 atom stereocenters. The number of carbonyl (C=O) groups is 1. The van der Waals surface area contributed by atoms with E-state index in [4.69, 9.17) is 10.8 Å². The highest BCUT2D eigenvalue weighted by Gasteiger charge is 2.16. The number of carboxylic acid groups (broad SMARTS) is 1. The summed E-state index contributed by atoms with van der Waals surface area (Å²) in [5.74, 6) is -0.853. The standard InChI is InChI=1S/C16H21NO2/c1-12-7-5-3-4-6-8-14(10-9-12)13(2)11-15(17)16(18)19/h3-10,13,15H,11,17H2,1-2H3,(H,18,19)/t13-,15?/m0/s1. The monoisotopic (exact) mass is 259 g/mol. The first-order chi connectivity index (χ1) is 9.00. The van der Waals surface area contributed by atoms with E-state index >= 15 is 0 Å². The van der Waals surface area contributed by atoms with E-state index in [1.54, 1.807) is 0 Å². The number of hydrogen-bond acceptors (Lipinski definition) is 2. The van der Waals surface area contributed by atoms with Crippen molar-refractivity contribution in [3.63, 3.8) is 0 Å². The van der Waals surface area contributed by atoms with Crippen LogP contribution in [0.15, 0.2) is 48.5 Å². The molecule has 1 aromatic rings. The van der Waals surface area contributed by atoms with Crippen molar-refractivity contribution in [3.8, 4) is 0 Å². The minimum Gasteiger partial charge on any atom is -0.480 e. The molecule has 0 aliphatic rings. The zero-order chi connectivity index (χ0) is 14.3. The van der Waals surface area contributed by atoms with Gasteiger partial charge in [-0.15, -0.1) is 0 Å². The summed E-state index contributed by atoms with van der Waals surface area (Å²) < 4.78 is 0. The fraction of sp³-hybridized carbons (Fsp3) is 0.312. The van der Waals surface area contributed by atoms with E-state index in [1.807, 2.05) is 62.4 Å². The Morgan fingerprint density at radius 3 is 2.42 bits per heavy atom. The van der Waals surface area contributed by atoms with Crippen molar-refractivity contribution in [2.24, 2.45) is 5.73 Å². The molecule has 0 saturated heterocycles. The van der Waals surface area contributed by atoms with Crippen molar-refractivity contribution in [3.05, 3.63) is 59.7 Å². The SMILES string of the molecule is Cc1ccccccc([C@@H](C)CC(N)C(=O)O)cc1. The zero-order valence-corrected chi connectivity index (χ0v) is 11.4. The Hall–Kier alpha value is -1.87. The van der Waals surface area contributed by atoms with Gasteiger partial charge >= 0.3 is 5.97 Å². The molecule has 1 aromatic carbocycles. The normalized spacial score (nSPS) is 13.2. The van der Waals surface area contributed by atoms with E-state index in [0.29, 0.717) is 6.42 Å². The molecule has 3 N–H and O–H groups in total. The van der Waals surface area contributed by atoms with Gasteiger partial charge in [-0.25, -0.2) is 0 Å². The quantitative estimate of drug-likeness (QED) is 0.873. The molecule has 0 aliphatic heterocycles. The molecule has 0 aliphatic carbocycles. The van der Waals surface area contributed by atoms with Crippen molar-refractivity contribution < 1.29 is 9.90 Å². The van der Waals surface area contributed by atoms with Gasteiger partial charge in [0.05, 0.1) is 0 Å². The number of hydrogen-bond donors (Lipinski definition) is 2. The van der Waals surface area contributed by atoms with Crippen LogP contribution in [0, 0.1) is 6.92 Å². The molecule has 0 heterocycles. The van der Waals surface area contributed by atoms with Crippen molar-refractivity contribution in [1.29, 1.82) is 0 Å². The molecular formula is C16H21NO2. The zero-order valence-electron chi connectivity index (χ0n) is 11.4. The van der Waals surface area contributed by atoms with E-state index in [9.17, 15) is 4.79 Å². The average Bonchev–Trinajstić information content (AvgIpc) is 2.36. The van der Waals surface area contributed by atoms with Crippen LogP contribution in [0.25, 0.3) is 0 Å². The second-order valence-corrected chi connectivity index (χ2v) is 4.76. The highest BCUT2D eigenvalue weighted by molar-refractivity contribution is 5.73. The average molecular weight is 259 g/mol. The van der Waals surface area contributed by atoms with E-state index in [2.05, 4.69) is 0 Å². The molecule has 0 amide bonds. The Bertz CT molecular complexity index is 484. The van der Waals surface area contributed by atoms with Crippen LogP contribution in [-0.4, -0.2) is 17.1 Å². The van der Waals surface area contributed by atoms with Gasteiger partial charge in [-0.3, -0.25) is 4.79 Å². The van der Waals surface area contributed by atoms with Crippen molar-refractivity contribution in [2.75, 3.05) is 0 Å². The molecule has 0 fully saturated rings. The van der Waals surface area contributed by atoms with Crippen LogP contribution in [-0.2, 0) is 4.79 Å². The van der Waals surface area contributed by atoms with E-state index in [1.165, 1.54) is 0 Å². The molecule has 0 spiro atoms. The molecule has 1 unspecified atom stereocenters. The predicted molar refractivity (Wildman–Crippen MR) is 77.5 cm³/mol. The third-order valence-corrected chi connectivity index (χ3v) is 3.01. The summed E-state index contributed by atoms with van der Waals surface area (Å²) in [6.45, 7) is 4.02. The van der Waals surface area contributed by atoms with Gasteiger partial charge < -0.3 is 10.8 Å². The summed E-state index contributed by atoms with van der Waals surface area (Å²) in [6, 6.07) is 15.1. The van der Waals surface area contributed by atoms with Crippen molar-refractivity contribution >= 4 is 5.97 Å². The Labute approximate surface area is 114 Å². The van der Waals surface area contributed by atoms with Gasteiger partial charge in [0.15, 0.2) is 0 Å². The van der Waals surface area contributed by atoms with Crippen LogP contribution in [0.4, 0.5) is 0 Å². The fourth-order valence-corrected chi connectivity index (χ4v) is 1.79. The Morgan fingerprint density at radius 1 is 1.16 bits per heavy atom. The van der Waals surface area contributed by atoms with Crippen molar-refractivity contribution in [1.82, 2.24) is 0 Å². The molecule has 0 aromatic heterocycles. The van der Waals surface area contributed by atoms with Crippen LogP contribution in [0.1, 0.15) is 30.4 Å². The number of aliphatic carboxylic acids is 1. The molecule has 0 saturated carbocycles. The smallest absolute Gasteiger partial charge is 0.320 e. The number of nitrogens with two attached hydrogens (primary N) is 1. The molecule has 3 nitrogen and oxygen atoms in total. The van der Waals surface area contributed by atoms with Crippen LogP contribution in [0.2, 0.25) is 0 Å². The lowest BCUT2D eigenvalue weighted by Gasteiger charge is -2.13. The Morgan fingerprint density at radius 2 is 1.79 bits per heavy atom. The summed E-state index contributed by atoms with van der Waals surface area (Å²) in [5.41, 5.74) is 7.81. The van der Waals surface area contributed by atoms with Gasteiger partial charge in [0, 0.05) is 0 Å². The maximum atomic E-state index is 10.8. The highest BCUT2D eigenvalue weighted by Crippen LogP contribution is 2.18. The van der Waals surface area contributed by atoms with Gasteiger partial charge in [0.2, 0.25) is 0 Å². The number of rotatable bonds is 4. The first-order valence-electron chi connectivity index (χ1n) is 6.39. The summed E-state index contributed by atoms with van der Waals surface area (Å²) in [7, 11) is 0. The fourth-order valence-electron chi connectivity index (χ4n) is 1.79. The van der Waals surface area contributed by atoms with E-state index in [-0.39, 0.29) is 5.92 Å². The number of carboxylic acids is 1. The minimum atomic E-state index is -0.953. The van der Waals surface area contributed by atoms with Gasteiger partial charge in [-0.1, -0.05) is 61.0 Å². The van der Waals surface area contributed by atoms with Crippen LogP contribution in [0.5, 0.6) is 0 Å². The number of aryl methyl sites for hydroxylation is 1. The van der Waals surface area contributed by atoms with Crippen LogP contribution >= 0.6 is 0 Å². The molecule has 102 valence electrons. The topological polar surface area (TPSA) is 63.3 Å². The molecule has 19 heavy (non-hydrogen) atoms. The second-order valence-electron chi connectivity index (χ2n) is 4.76. The molecular weight excluding hydrogens is 238 g/mol. The lowest BCUT2D eigenvalue weighted by molar-refractivity contribution is -0.138. The predicted octanol–water partition coefficient (Wildman–Crippen LogP) is 3.02.